The molecular weight excluding hydrogens is 364 g/mol. The third-order valence-corrected chi connectivity index (χ3v) is 5.16. The van der Waals surface area contributed by atoms with Gasteiger partial charge in [0.15, 0.2) is 0 Å². The fraction of sp³-hybridized carbons (Fsp3) is 0.250. The van der Waals surface area contributed by atoms with E-state index in [4.69, 9.17) is 11.6 Å². The standard InChI is InChI=1S/C16H14BrClN4/c1-9-15(8-20-22(9)12-2-3-12)21-16-6-10-4-13(17)14(18)5-11(10)7-19-16/h4-8,12H,2-3H2,1H3,(H,19,21). The lowest BCUT2D eigenvalue weighted by molar-refractivity contribution is 0.622. The van der Waals surface area contributed by atoms with Gasteiger partial charge in [0.25, 0.3) is 0 Å². The quantitative estimate of drug-likeness (QED) is 0.679. The van der Waals surface area contributed by atoms with E-state index in [2.05, 4.69) is 42.9 Å². The third kappa shape index (κ3) is 2.48. The molecule has 1 N–H and O–H groups in total. The van der Waals surface area contributed by atoms with E-state index in [1.165, 1.54) is 12.8 Å². The van der Waals surface area contributed by atoms with E-state index in [9.17, 15) is 0 Å². The molecule has 1 fully saturated rings. The van der Waals surface area contributed by atoms with Gasteiger partial charge in [0.2, 0.25) is 0 Å². The Hall–Kier alpha value is -1.59. The molecule has 0 atom stereocenters. The Bertz CT molecular complexity index is 870. The summed E-state index contributed by atoms with van der Waals surface area (Å²) in [5.74, 6) is 0.806. The Morgan fingerprint density at radius 3 is 2.82 bits per heavy atom. The fourth-order valence-corrected chi connectivity index (χ4v) is 3.11. The molecular formula is C16H14BrClN4. The molecule has 0 radical (unpaired) electrons. The lowest BCUT2D eigenvalue weighted by atomic mass is 10.2. The van der Waals surface area contributed by atoms with Crippen molar-refractivity contribution in [3.8, 4) is 0 Å². The minimum atomic E-state index is 0.582. The van der Waals surface area contributed by atoms with Crippen molar-refractivity contribution < 1.29 is 0 Å². The number of hydrogen-bond acceptors (Lipinski definition) is 3. The van der Waals surface area contributed by atoms with Gasteiger partial charge >= 0.3 is 0 Å². The minimum Gasteiger partial charge on any atom is -0.337 e. The molecule has 0 aliphatic heterocycles. The van der Waals surface area contributed by atoms with Crippen LogP contribution >= 0.6 is 27.5 Å². The van der Waals surface area contributed by atoms with Crippen LogP contribution in [-0.2, 0) is 0 Å². The molecule has 4 rings (SSSR count). The van der Waals surface area contributed by atoms with Crippen molar-refractivity contribution in [1.82, 2.24) is 14.8 Å². The van der Waals surface area contributed by atoms with Crippen molar-refractivity contribution in [2.24, 2.45) is 0 Å². The Morgan fingerprint density at radius 2 is 2.05 bits per heavy atom. The number of rotatable bonds is 3. The highest BCUT2D eigenvalue weighted by Gasteiger charge is 2.26. The van der Waals surface area contributed by atoms with Crippen LogP contribution in [0.2, 0.25) is 5.02 Å². The van der Waals surface area contributed by atoms with E-state index < -0.39 is 0 Å². The van der Waals surface area contributed by atoms with E-state index in [0.29, 0.717) is 11.1 Å². The number of nitrogens with zero attached hydrogens (tertiary/aromatic N) is 3. The molecule has 0 amide bonds. The molecule has 1 aromatic carbocycles. The maximum Gasteiger partial charge on any atom is 0.131 e. The van der Waals surface area contributed by atoms with Crippen molar-refractivity contribution in [2.45, 2.75) is 25.8 Å². The molecule has 2 heterocycles. The van der Waals surface area contributed by atoms with Crippen LogP contribution < -0.4 is 5.32 Å². The zero-order valence-electron chi connectivity index (χ0n) is 12.0. The summed E-state index contributed by atoms with van der Waals surface area (Å²) in [5.41, 5.74) is 2.16. The van der Waals surface area contributed by atoms with Gasteiger partial charge in [-0.25, -0.2) is 4.98 Å². The highest BCUT2D eigenvalue weighted by molar-refractivity contribution is 9.10. The number of benzene rings is 1. The summed E-state index contributed by atoms with van der Waals surface area (Å²) in [5, 5.41) is 10.6. The molecule has 22 heavy (non-hydrogen) atoms. The first kappa shape index (κ1) is 14.0. The molecule has 6 heteroatoms. The number of aromatic nitrogens is 3. The minimum absolute atomic E-state index is 0.582. The molecule has 0 saturated heterocycles. The summed E-state index contributed by atoms with van der Waals surface area (Å²) < 4.78 is 2.98. The normalized spacial score (nSPS) is 14.5. The summed E-state index contributed by atoms with van der Waals surface area (Å²) in [6, 6.07) is 6.52. The van der Waals surface area contributed by atoms with Crippen molar-refractivity contribution >= 4 is 49.8 Å². The topological polar surface area (TPSA) is 42.7 Å². The number of anilines is 2. The molecule has 1 saturated carbocycles. The van der Waals surface area contributed by atoms with Crippen LogP contribution in [-0.4, -0.2) is 14.8 Å². The largest absolute Gasteiger partial charge is 0.337 e. The van der Waals surface area contributed by atoms with Crippen molar-refractivity contribution in [3.05, 3.63) is 45.8 Å². The Balaban J connectivity index is 1.68. The summed E-state index contributed by atoms with van der Waals surface area (Å²) >= 11 is 9.57. The number of halogens is 2. The van der Waals surface area contributed by atoms with Crippen LogP contribution in [0, 0.1) is 6.92 Å². The fourth-order valence-electron chi connectivity index (χ4n) is 2.58. The number of nitrogens with one attached hydrogen (secondary N) is 1. The van der Waals surface area contributed by atoms with Crippen molar-refractivity contribution in [2.75, 3.05) is 5.32 Å². The molecule has 1 aliphatic carbocycles. The van der Waals surface area contributed by atoms with Crippen LogP contribution in [0.4, 0.5) is 11.5 Å². The molecule has 3 aromatic rings. The van der Waals surface area contributed by atoms with Crippen LogP contribution in [0.5, 0.6) is 0 Å². The molecule has 0 spiro atoms. The first-order chi connectivity index (χ1) is 10.6. The first-order valence-corrected chi connectivity index (χ1v) is 8.35. The number of pyridine rings is 1. The molecule has 4 nitrogen and oxygen atoms in total. The van der Waals surface area contributed by atoms with Gasteiger partial charge in [-0.3, -0.25) is 4.68 Å². The maximum atomic E-state index is 6.11. The lowest BCUT2D eigenvalue weighted by Gasteiger charge is -2.08. The Labute approximate surface area is 141 Å². The lowest BCUT2D eigenvalue weighted by Crippen LogP contribution is -2.00. The molecule has 0 unspecified atom stereocenters. The van der Waals surface area contributed by atoms with Gasteiger partial charge in [-0.05, 0) is 59.3 Å². The van der Waals surface area contributed by atoms with Crippen LogP contribution in [0.1, 0.15) is 24.6 Å². The highest BCUT2D eigenvalue weighted by atomic mass is 79.9. The van der Waals surface area contributed by atoms with Gasteiger partial charge in [-0.1, -0.05) is 11.6 Å². The zero-order valence-corrected chi connectivity index (χ0v) is 14.3. The second-order valence-corrected chi connectivity index (χ2v) is 6.89. The van der Waals surface area contributed by atoms with Crippen molar-refractivity contribution in [3.63, 3.8) is 0 Å². The van der Waals surface area contributed by atoms with E-state index >= 15 is 0 Å². The Morgan fingerprint density at radius 1 is 1.23 bits per heavy atom. The van der Waals surface area contributed by atoms with Gasteiger partial charge < -0.3 is 5.32 Å². The van der Waals surface area contributed by atoms with Crippen LogP contribution in [0.15, 0.2) is 35.1 Å². The van der Waals surface area contributed by atoms with Gasteiger partial charge in [-0.15, -0.1) is 0 Å². The summed E-state index contributed by atoms with van der Waals surface area (Å²) in [4.78, 5) is 4.46. The van der Waals surface area contributed by atoms with Gasteiger partial charge in [0.1, 0.15) is 5.82 Å². The Kier molecular flexibility index (Phi) is 3.35. The predicted octanol–water partition coefficient (Wildman–Crippen LogP) is 5.23. The SMILES string of the molecule is Cc1c(Nc2cc3cc(Br)c(Cl)cc3cn2)cnn1C1CC1. The maximum absolute atomic E-state index is 6.11. The third-order valence-electron chi connectivity index (χ3n) is 3.96. The molecule has 1 aliphatic rings. The van der Waals surface area contributed by atoms with E-state index in [1.54, 1.807) is 0 Å². The average Bonchev–Trinajstić information content (AvgIpc) is 3.27. The van der Waals surface area contributed by atoms with E-state index in [-0.39, 0.29) is 0 Å². The highest BCUT2D eigenvalue weighted by Crippen LogP contribution is 2.37. The van der Waals surface area contributed by atoms with Gasteiger partial charge in [0.05, 0.1) is 28.6 Å². The summed E-state index contributed by atoms with van der Waals surface area (Å²) in [7, 11) is 0. The van der Waals surface area contributed by atoms with E-state index in [1.807, 2.05) is 30.6 Å². The summed E-state index contributed by atoms with van der Waals surface area (Å²) in [6.45, 7) is 2.09. The molecule has 0 bridgehead atoms. The second-order valence-electron chi connectivity index (χ2n) is 5.63. The second kappa shape index (κ2) is 5.25. The van der Waals surface area contributed by atoms with Crippen LogP contribution in [0.25, 0.3) is 10.8 Å². The average molecular weight is 378 g/mol. The van der Waals surface area contributed by atoms with Crippen molar-refractivity contribution in [1.29, 1.82) is 0 Å². The van der Waals surface area contributed by atoms with Gasteiger partial charge in [0, 0.05) is 16.1 Å². The van der Waals surface area contributed by atoms with Crippen LogP contribution in [0.3, 0.4) is 0 Å². The number of fused-ring (bicyclic) bond motifs is 1. The summed E-state index contributed by atoms with van der Waals surface area (Å²) in [6.07, 6.45) is 6.16. The molecule has 2 aromatic heterocycles. The zero-order chi connectivity index (χ0) is 15.3. The predicted molar refractivity (Wildman–Crippen MR) is 93.0 cm³/mol. The first-order valence-electron chi connectivity index (χ1n) is 7.18. The number of hydrogen-bond donors (Lipinski definition) is 1. The molecule has 112 valence electrons. The van der Waals surface area contributed by atoms with E-state index in [0.717, 1.165) is 32.4 Å². The monoisotopic (exact) mass is 376 g/mol. The smallest absolute Gasteiger partial charge is 0.131 e. The van der Waals surface area contributed by atoms with Gasteiger partial charge in [-0.2, -0.15) is 5.10 Å².